The molecule has 0 spiro atoms. The molecule has 0 bridgehead atoms. The molecule has 1 aromatic heterocycles. The first kappa shape index (κ1) is 17.1. The number of anilines is 1. The van der Waals surface area contributed by atoms with Crippen molar-refractivity contribution in [3.63, 3.8) is 0 Å². The van der Waals surface area contributed by atoms with Crippen molar-refractivity contribution in [1.82, 2.24) is 14.7 Å². The van der Waals surface area contributed by atoms with Gasteiger partial charge in [-0.05, 0) is 30.9 Å². The Morgan fingerprint density at radius 1 is 1.15 bits per heavy atom. The average molecular weight is 370 g/mol. The summed E-state index contributed by atoms with van der Waals surface area (Å²) in [6, 6.07) is 9.69. The van der Waals surface area contributed by atoms with Gasteiger partial charge in [-0.15, -0.1) is 0 Å². The van der Waals surface area contributed by atoms with Gasteiger partial charge in [-0.3, -0.25) is 9.59 Å². The molecule has 2 amide bonds. The Bertz CT molecular complexity index is 826. The number of thioether (sulfide) groups is 1. The Balaban J connectivity index is 1.58. The van der Waals surface area contributed by atoms with E-state index >= 15 is 0 Å². The van der Waals surface area contributed by atoms with Crippen molar-refractivity contribution in [2.24, 2.45) is 5.92 Å². The first-order valence-electron chi connectivity index (χ1n) is 8.97. The van der Waals surface area contributed by atoms with Gasteiger partial charge in [0.15, 0.2) is 0 Å². The SMILES string of the molecule is CC1CCN(C(=O)C(=O)Nc2c3c(nn2-c2ccccc2)CSC3)CC1. The molecule has 0 unspecified atom stereocenters. The number of benzene rings is 1. The van der Waals surface area contributed by atoms with Crippen LogP contribution in [0.25, 0.3) is 5.69 Å². The molecule has 0 radical (unpaired) electrons. The van der Waals surface area contributed by atoms with E-state index < -0.39 is 11.8 Å². The third kappa shape index (κ3) is 3.23. The molecular formula is C19H22N4O2S. The number of likely N-dealkylation sites (tertiary alicyclic amines) is 1. The molecular weight excluding hydrogens is 348 g/mol. The van der Waals surface area contributed by atoms with Crippen molar-refractivity contribution >= 4 is 29.4 Å². The highest BCUT2D eigenvalue weighted by atomic mass is 32.2. The predicted octanol–water partition coefficient (Wildman–Crippen LogP) is 2.82. The van der Waals surface area contributed by atoms with Crippen LogP contribution in [0, 0.1) is 5.92 Å². The molecule has 0 atom stereocenters. The lowest BCUT2D eigenvalue weighted by atomic mass is 9.99. The molecule has 2 aliphatic rings. The second-order valence-electron chi connectivity index (χ2n) is 6.94. The van der Waals surface area contributed by atoms with Crippen LogP contribution in [0.3, 0.4) is 0 Å². The Morgan fingerprint density at radius 2 is 1.88 bits per heavy atom. The molecule has 26 heavy (non-hydrogen) atoms. The van der Waals surface area contributed by atoms with Crippen LogP contribution in [0.4, 0.5) is 5.82 Å². The van der Waals surface area contributed by atoms with Gasteiger partial charge in [0.1, 0.15) is 5.82 Å². The summed E-state index contributed by atoms with van der Waals surface area (Å²) in [4.78, 5) is 26.8. The van der Waals surface area contributed by atoms with E-state index in [0.717, 1.165) is 41.3 Å². The number of piperidine rings is 1. The minimum absolute atomic E-state index is 0.447. The zero-order valence-electron chi connectivity index (χ0n) is 14.8. The highest BCUT2D eigenvalue weighted by Crippen LogP contribution is 2.36. The summed E-state index contributed by atoms with van der Waals surface area (Å²) in [6.45, 7) is 3.49. The number of fused-ring (bicyclic) bond motifs is 1. The molecule has 3 heterocycles. The van der Waals surface area contributed by atoms with E-state index in [2.05, 4.69) is 17.3 Å². The van der Waals surface area contributed by atoms with Crippen LogP contribution >= 0.6 is 11.8 Å². The van der Waals surface area contributed by atoms with Crippen LogP contribution in [0.15, 0.2) is 30.3 Å². The summed E-state index contributed by atoms with van der Waals surface area (Å²) in [5.74, 6) is 1.85. The van der Waals surface area contributed by atoms with Crippen molar-refractivity contribution in [2.45, 2.75) is 31.3 Å². The number of rotatable bonds is 2. The molecule has 2 aliphatic heterocycles. The number of hydrogen-bond donors (Lipinski definition) is 1. The van der Waals surface area contributed by atoms with Crippen LogP contribution in [-0.2, 0) is 21.1 Å². The Hall–Kier alpha value is -2.28. The summed E-state index contributed by atoms with van der Waals surface area (Å²) in [5.41, 5.74) is 2.88. The normalized spacial score (nSPS) is 17.2. The number of aromatic nitrogens is 2. The predicted molar refractivity (Wildman–Crippen MR) is 102 cm³/mol. The molecule has 1 aromatic carbocycles. The van der Waals surface area contributed by atoms with Crippen molar-refractivity contribution in [3.05, 3.63) is 41.6 Å². The largest absolute Gasteiger partial charge is 0.334 e. The summed E-state index contributed by atoms with van der Waals surface area (Å²) in [5, 5.41) is 7.51. The van der Waals surface area contributed by atoms with Crippen molar-refractivity contribution in [3.8, 4) is 5.69 Å². The van der Waals surface area contributed by atoms with Crippen molar-refractivity contribution in [2.75, 3.05) is 18.4 Å². The third-order valence-electron chi connectivity index (χ3n) is 5.05. The fraction of sp³-hybridized carbons (Fsp3) is 0.421. The molecule has 0 aliphatic carbocycles. The van der Waals surface area contributed by atoms with Gasteiger partial charge in [0.05, 0.1) is 11.4 Å². The zero-order valence-corrected chi connectivity index (χ0v) is 15.6. The van der Waals surface area contributed by atoms with E-state index in [1.165, 1.54) is 0 Å². The van der Waals surface area contributed by atoms with Crippen LogP contribution in [-0.4, -0.2) is 39.6 Å². The molecule has 6 nitrogen and oxygen atoms in total. The minimum Gasteiger partial charge on any atom is -0.334 e. The van der Waals surface area contributed by atoms with E-state index in [0.29, 0.717) is 24.8 Å². The van der Waals surface area contributed by atoms with Gasteiger partial charge in [0, 0.05) is 30.2 Å². The van der Waals surface area contributed by atoms with Gasteiger partial charge in [-0.1, -0.05) is 25.1 Å². The zero-order chi connectivity index (χ0) is 18.1. The topological polar surface area (TPSA) is 67.2 Å². The minimum atomic E-state index is -0.573. The number of nitrogens with one attached hydrogen (secondary N) is 1. The third-order valence-corrected chi connectivity index (χ3v) is 6.02. The lowest BCUT2D eigenvalue weighted by Gasteiger charge is -2.29. The molecule has 1 fully saturated rings. The van der Waals surface area contributed by atoms with E-state index in [1.807, 2.05) is 30.3 Å². The van der Waals surface area contributed by atoms with E-state index in [-0.39, 0.29) is 0 Å². The monoisotopic (exact) mass is 370 g/mol. The lowest BCUT2D eigenvalue weighted by molar-refractivity contribution is -0.144. The Kier molecular flexibility index (Phi) is 4.72. The van der Waals surface area contributed by atoms with Gasteiger partial charge >= 0.3 is 11.8 Å². The summed E-state index contributed by atoms with van der Waals surface area (Å²) in [6.07, 6.45) is 1.90. The average Bonchev–Trinajstić information content (AvgIpc) is 3.25. The molecule has 7 heteroatoms. The Morgan fingerprint density at radius 3 is 2.62 bits per heavy atom. The van der Waals surface area contributed by atoms with Gasteiger partial charge in [0.2, 0.25) is 0 Å². The standard InChI is InChI=1S/C19H22N4O2S/c1-13-7-9-22(10-8-13)19(25)18(24)20-17-15-11-26-12-16(15)21-23(17)14-5-3-2-4-6-14/h2-6,13H,7-12H2,1H3,(H,20,24). The van der Waals surface area contributed by atoms with Gasteiger partial charge in [0.25, 0.3) is 0 Å². The quantitative estimate of drug-likeness (QED) is 0.826. The van der Waals surface area contributed by atoms with Gasteiger partial charge in [-0.25, -0.2) is 4.68 Å². The number of carbonyl (C=O) groups is 2. The number of carbonyl (C=O) groups excluding carboxylic acids is 2. The highest BCUT2D eigenvalue weighted by molar-refractivity contribution is 7.98. The van der Waals surface area contributed by atoms with Crippen LogP contribution in [0.2, 0.25) is 0 Å². The summed E-state index contributed by atoms with van der Waals surface area (Å²) < 4.78 is 1.74. The number of nitrogens with zero attached hydrogens (tertiary/aromatic N) is 3. The summed E-state index contributed by atoms with van der Waals surface area (Å²) >= 11 is 1.77. The number of hydrogen-bond acceptors (Lipinski definition) is 4. The first-order valence-corrected chi connectivity index (χ1v) is 10.1. The Labute approximate surface area is 156 Å². The maximum atomic E-state index is 12.6. The van der Waals surface area contributed by atoms with Crippen molar-refractivity contribution in [1.29, 1.82) is 0 Å². The maximum absolute atomic E-state index is 12.6. The smallest absolute Gasteiger partial charge is 0.315 e. The molecule has 2 aromatic rings. The lowest BCUT2D eigenvalue weighted by Crippen LogP contribution is -2.44. The molecule has 4 rings (SSSR count). The number of amides is 2. The maximum Gasteiger partial charge on any atom is 0.315 e. The summed E-state index contributed by atoms with van der Waals surface area (Å²) in [7, 11) is 0. The second kappa shape index (κ2) is 7.15. The fourth-order valence-electron chi connectivity index (χ4n) is 3.41. The molecule has 0 saturated carbocycles. The molecule has 1 N–H and O–H groups in total. The van der Waals surface area contributed by atoms with Gasteiger partial charge < -0.3 is 10.2 Å². The second-order valence-corrected chi connectivity index (χ2v) is 7.93. The van der Waals surface area contributed by atoms with E-state index in [4.69, 9.17) is 0 Å². The van der Waals surface area contributed by atoms with E-state index in [9.17, 15) is 9.59 Å². The molecule has 1 saturated heterocycles. The van der Waals surface area contributed by atoms with Crippen LogP contribution in [0.5, 0.6) is 0 Å². The number of para-hydroxylation sites is 1. The van der Waals surface area contributed by atoms with Crippen LogP contribution in [0.1, 0.15) is 31.0 Å². The van der Waals surface area contributed by atoms with Crippen LogP contribution < -0.4 is 5.32 Å². The van der Waals surface area contributed by atoms with Gasteiger partial charge in [-0.2, -0.15) is 16.9 Å². The van der Waals surface area contributed by atoms with Crippen molar-refractivity contribution < 1.29 is 9.59 Å². The first-order chi connectivity index (χ1) is 12.6. The fourth-order valence-corrected chi connectivity index (χ4v) is 4.45. The molecule has 136 valence electrons. The van der Waals surface area contributed by atoms with E-state index in [1.54, 1.807) is 21.3 Å². The highest BCUT2D eigenvalue weighted by Gasteiger charge is 2.29.